The van der Waals surface area contributed by atoms with Gasteiger partial charge in [-0.2, -0.15) is 0 Å². The van der Waals surface area contributed by atoms with E-state index in [1.807, 2.05) is 4.90 Å². The van der Waals surface area contributed by atoms with Crippen LogP contribution in [0.5, 0.6) is 0 Å². The Hall–Kier alpha value is -2.05. The predicted molar refractivity (Wildman–Crippen MR) is 91.4 cm³/mol. The van der Waals surface area contributed by atoms with Gasteiger partial charge in [-0.25, -0.2) is 9.78 Å². The number of hydrogen-bond donors (Lipinski definition) is 0. The van der Waals surface area contributed by atoms with Gasteiger partial charge in [0, 0.05) is 38.9 Å². The Morgan fingerprint density at radius 3 is 2.56 bits per heavy atom. The summed E-state index contributed by atoms with van der Waals surface area (Å²) in [6.45, 7) is 9.42. The van der Waals surface area contributed by atoms with Crippen molar-refractivity contribution < 1.29 is 18.7 Å². The summed E-state index contributed by atoms with van der Waals surface area (Å²) in [5.41, 5.74) is -0.0694. The molecule has 2 fully saturated rings. The van der Waals surface area contributed by atoms with E-state index < -0.39 is 5.60 Å². The van der Waals surface area contributed by atoms with Crippen LogP contribution < -0.4 is 0 Å². The monoisotopic (exact) mass is 349 g/mol. The molecule has 2 aliphatic rings. The summed E-state index contributed by atoms with van der Waals surface area (Å²) in [5, 5.41) is 0. The van der Waals surface area contributed by atoms with Gasteiger partial charge < -0.3 is 19.0 Å². The second kappa shape index (κ2) is 6.69. The molecular weight excluding hydrogens is 322 g/mol. The fraction of sp³-hybridized carbons (Fsp3) is 0.722. The molecule has 25 heavy (non-hydrogen) atoms. The van der Waals surface area contributed by atoms with Crippen molar-refractivity contribution in [3.63, 3.8) is 0 Å². The maximum atomic E-state index is 12.6. The molecule has 0 aromatic carbocycles. The van der Waals surface area contributed by atoms with Crippen LogP contribution in [0.25, 0.3) is 0 Å². The van der Waals surface area contributed by atoms with Crippen LogP contribution in [0.1, 0.15) is 61.7 Å². The smallest absolute Gasteiger partial charge is 0.410 e. The molecule has 2 saturated heterocycles. The molecule has 0 unspecified atom stereocenters. The lowest BCUT2D eigenvalue weighted by molar-refractivity contribution is 0.00287. The summed E-state index contributed by atoms with van der Waals surface area (Å²) in [6, 6.07) is 0.192. The van der Waals surface area contributed by atoms with E-state index in [4.69, 9.17) is 9.15 Å². The van der Waals surface area contributed by atoms with Crippen LogP contribution in [-0.2, 0) is 4.74 Å². The normalized spacial score (nSPS) is 20.9. The van der Waals surface area contributed by atoms with Crippen molar-refractivity contribution in [1.82, 2.24) is 14.8 Å². The van der Waals surface area contributed by atoms with E-state index >= 15 is 0 Å². The van der Waals surface area contributed by atoms with Crippen molar-refractivity contribution in [3.05, 3.63) is 17.3 Å². The predicted octanol–water partition coefficient (Wildman–Crippen LogP) is 2.91. The van der Waals surface area contributed by atoms with Gasteiger partial charge in [0.2, 0.25) is 0 Å². The minimum absolute atomic E-state index is 0.107. The highest BCUT2D eigenvalue weighted by Gasteiger charge is 2.48. The minimum atomic E-state index is -0.454. The standard InChI is InChI=1S/C18H27N3O4/c1-5-6-12(2)21-11-18(25-17(21)23)7-9-20(10-8-18)16(22)15-13(3)24-14(4)19-15/h12H,5-11H2,1-4H3/t12-/m0/s1. The van der Waals surface area contributed by atoms with Gasteiger partial charge in [-0.15, -0.1) is 0 Å². The first-order valence-electron chi connectivity index (χ1n) is 9.08. The number of hydrogen-bond acceptors (Lipinski definition) is 5. The highest BCUT2D eigenvalue weighted by atomic mass is 16.6. The number of aryl methyl sites for hydroxylation is 2. The Morgan fingerprint density at radius 1 is 1.32 bits per heavy atom. The number of amides is 2. The van der Waals surface area contributed by atoms with E-state index in [9.17, 15) is 9.59 Å². The fourth-order valence-electron chi connectivity index (χ4n) is 3.82. The molecule has 7 nitrogen and oxygen atoms in total. The Kier molecular flexibility index (Phi) is 4.75. The number of carbonyl (C=O) groups is 2. The quantitative estimate of drug-likeness (QED) is 0.835. The van der Waals surface area contributed by atoms with Gasteiger partial charge in [-0.05, 0) is 20.3 Å². The van der Waals surface area contributed by atoms with Gasteiger partial charge in [0.05, 0.1) is 6.54 Å². The zero-order valence-electron chi connectivity index (χ0n) is 15.5. The fourth-order valence-corrected chi connectivity index (χ4v) is 3.82. The van der Waals surface area contributed by atoms with E-state index in [1.165, 1.54) is 0 Å². The average Bonchev–Trinajstić information content (AvgIpc) is 3.07. The van der Waals surface area contributed by atoms with Crippen molar-refractivity contribution in [3.8, 4) is 0 Å². The van der Waals surface area contributed by atoms with E-state index in [2.05, 4.69) is 18.8 Å². The highest BCUT2D eigenvalue weighted by Crippen LogP contribution is 2.35. The van der Waals surface area contributed by atoms with Gasteiger partial charge in [0.25, 0.3) is 5.91 Å². The average molecular weight is 349 g/mol. The summed E-state index contributed by atoms with van der Waals surface area (Å²) >= 11 is 0. The molecule has 0 aliphatic carbocycles. The third-order valence-electron chi connectivity index (χ3n) is 5.30. The first-order valence-corrected chi connectivity index (χ1v) is 9.08. The first kappa shape index (κ1) is 17.8. The second-order valence-corrected chi connectivity index (χ2v) is 7.25. The SMILES string of the molecule is CCC[C@H](C)N1CC2(CCN(C(=O)c3nc(C)oc3C)CC2)OC1=O. The maximum Gasteiger partial charge on any atom is 0.410 e. The van der Waals surface area contributed by atoms with E-state index in [0.717, 1.165) is 12.8 Å². The largest absolute Gasteiger partial charge is 0.445 e. The van der Waals surface area contributed by atoms with E-state index in [0.29, 0.717) is 49.8 Å². The van der Waals surface area contributed by atoms with Crippen LogP contribution in [0.4, 0.5) is 4.79 Å². The zero-order valence-corrected chi connectivity index (χ0v) is 15.5. The number of rotatable bonds is 4. The minimum Gasteiger partial charge on any atom is -0.445 e. The molecule has 7 heteroatoms. The Bertz CT molecular complexity index is 661. The molecule has 138 valence electrons. The van der Waals surface area contributed by atoms with Gasteiger partial charge in [0.15, 0.2) is 11.6 Å². The van der Waals surface area contributed by atoms with Crippen molar-refractivity contribution in [1.29, 1.82) is 0 Å². The molecule has 0 radical (unpaired) electrons. The van der Waals surface area contributed by atoms with Gasteiger partial charge in [-0.3, -0.25) is 4.79 Å². The van der Waals surface area contributed by atoms with Crippen molar-refractivity contribution in [2.24, 2.45) is 0 Å². The third kappa shape index (κ3) is 3.37. The molecular formula is C18H27N3O4. The lowest BCUT2D eigenvalue weighted by Crippen LogP contribution is -2.49. The van der Waals surface area contributed by atoms with Gasteiger partial charge >= 0.3 is 6.09 Å². The number of oxazole rings is 1. The molecule has 2 aliphatic heterocycles. The second-order valence-electron chi connectivity index (χ2n) is 7.25. The summed E-state index contributed by atoms with van der Waals surface area (Å²) in [7, 11) is 0. The molecule has 3 rings (SSSR count). The van der Waals surface area contributed by atoms with Crippen LogP contribution in [0, 0.1) is 13.8 Å². The molecule has 0 N–H and O–H groups in total. The Balaban J connectivity index is 1.63. The van der Waals surface area contributed by atoms with Crippen LogP contribution >= 0.6 is 0 Å². The number of likely N-dealkylation sites (tertiary alicyclic amines) is 1. The molecule has 1 atom stereocenters. The molecule has 0 saturated carbocycles. The van der Waals surface area contributed by atoms with Crippen LogP contribution in [-0.4, -0.2) is 58.1 Å². The van der Waals surface area contributed by atoms with E-state index in [-0.39, 0.29) is 18.0 Å². The molecule has 2 amide bonds. The number of aromatic nitrogens is 1. The molecule has 1 aromatic heterocycles. The summed E-state index contributed by atoms with van der Waals surface area (Å²) in [6.07, 6.45) is 3.12. The molecule has 3 heterocycles. The number of ether oxygens (including phenoxy) is 1. The third-order valence-corrected chi connectivity index (χ3v) is 5.30. The zero-order chi connectivity index (χ0) is 18.2. The topological polar surface area (TPSA) is 75.9 Å². The molecule has 0 bridgehead atoms. The van der Waals surface area contributed by atoms with Crippen molar-refractivity contribution in [2.75, 3.05) is 19.6 Å². The number of carbonyl (C=O) groups excluding carboxylic acids is 2. The number of nitrogens with zero attached hydrogens (tertiary/aromatic N) is 3. The van der Waals surface area contributed by atoms with Crippen LogP contribution in [0.15, 0.2) is 4.42 Å². The highest BCUT2D eigenvalue weighted by molar-refractivity contribution is 5.93. The van der Waals surface area contributed by atoms with Crippen molar-refractivity contribution >= 4 is 12.0 Å². The lowest BCUT2D eigenvalue weighted by atomic mass is 9.90. The van der Waals surface area contributed by atoms with Crippen LogP contribution in [0.3, 0.4) is 0 Å². The summed E-state index contributed by atoms with van der Waals surface area (Å²) < 4.78 is 11.1. The lowest BCUT2D eigenvalue weighted by Gasteiger charge is -2.37. The maximum absolute atomic E-state index is 12.6. The molecule has 1 aromatic rings. The Morgan fingerprint density at radius 2 is 2.00 bits per heavy atom. The molecule has 1 spiro atoms. The van der Waals surface area contributed by atoms with E-state index in [1.54, 1.807) is 18.7 Å². The van der Waals surface area contributed by atoms with Crippen molar-refractivity contribution in [2.45, 2.75) is 65.0 Å². The summed E-state index contributed by atoms with van der Waals surface area (Å²) in [5.74, 6) is 0.944. The van der Waals surface area contributed by atoms with Gasteiger partial charge in [0.1, 0.15) is 11.4 Å². The van der Waals surface area contributed by atoms with Gasteiger partial charge in [-0.1, -0.05) is 13.3 Å². The first-order chi connectivity index (χ1) is 11.8. The van der Waals surface area contributed by atoms with Crippen LogP contribution in [0.2, 0.25) is 0 Å². The number of piperidine rings is 1. The summed E-state index contributed by atoms with van der Waals surface area (Å²) in [4.78, 5) is 32.7. The Labute approximate surface area is 148 Å².